The summed E-state index contributed by atoms with van der Waals surface area (Å²) in [4.78, 5) is 0. The number of rotatable bonds is 3. The van der Waals surface area contributed by atoms with Gasteiger partial charge in [0.2, 0.25) is 0 Å². The lowest BCUT2D eigenvalue weighted by atomic mass is 10.2. The average molecular weight is 238 g/mol. The van der Waals surface area contributed by atoms with Crippen LogP contribution in [0.3, 0.4) is 0 Å². The predicted octanol–water partition coefficient (Wildman–Crippen LogP) is 2.97. The van der Waals surface area contributed by atoms with E-state index in [4.69, 9.17) is 9.47 Å². The lowest BCUT2D eigenvalue weighted by Gasteiger charge is -2.21. The van der Waals surface area contributed by atoms with Gasteiger partial charge in [0.15, 0.2) is 6.29 Å². The fraction of sp³-hybridized carbons (Fsp3) is 0.692. The molecule has 0 aliphatic carbocycles. The summed E-state index contributed by atoms with van der Waals surface area (Å²) >= 11 is 0. The molecule has 1 atom stereocenters. The first-order chi connectivity index (χ1) is 7.58. The fourth-order valence-electron chi connectivity index (χ4n) is 1.37. The maximum Gasteiger partial charge on any atom is 0.157 e. The number of ether oxygens (including phenoxy) is 2. The molecule has 2 nitrogen and oxygen atoms in total. The number of hydrogen-bond donors (Lipinski definition) is 0. The van der Waals surface area contributed by atoms with Crippen molar-refractivity contribution in [3.63, 3.8) is 0 Å². The van der Waals surface area contributed by atoms with Gasteiger partial charge in [0.1, 0.15) is 8.07 Å². The third kappa shape index (κ3) is 6.84. The van der Waals surface area contributed by atoms with E-state index in [1.165, 1.54) is 6.42 Å². The van der Waals surface area contributed by atoms with E-state index in [0.717, 1.165) is 19.4 Å². The van der Waals surface area contributed by atoms with Gasteiger partial charge in [0.05, 0.1) is 6.61 Å². The summed E-state index contributed by atoms with van der Waals surface area (Å²) in [5.74, 6) is 3.07. The van der Waals surface area contributed by atoms with Gasteiger partial charge < -0.3 is 9.47 Å². The van der Waals surface area contributed by atoms with Crippen molar-refractivity contribution in [2.45, 2.75) is 45.2 Å². The third-order valence-electron chi connectivity index (χ3n) is 2.16. The van der Waals surface area contributed by atoms with Crippen LogP contribution in [0, 0.1) is 11.5 Å². The topological polar surface area (TPSA) is 18.5 Å². The smallest absolute Gasteiger partial charge is 0.157 e. The largest absolute Gasteiger partial charge is 0.353 e. The Morgan fingerprint density at radius 1 is 1.38 bits per heavy atom. The first kappa shape index (κ1) is 13.5. The number of hydrogen-bond acceptors (Lipinski definition) is 2. The Labute approximate surface area is 100 Å². The summed E-state index contributed by atoms with van der Waals surface area (Å²) < 4.78 is 11.0. The Bertz CT molecular complexity index is 275. The Morgan fingerprint density at radius 2 is 2.19 bits per heavy atom. The molecule has 1 aliphatic heterocycles. The van der Waals surface area contributed by atoms with Crippen molar-refractivity contribution in [3.8, 4) is 11.5 Å². The van der Waals surface area contributed by atoms with Crippen molar-refractivity contribution in [3.05, 3.63) is 12.2 Å². The Kier molecular flexibility index (Phi) is 5.82. The zero-order valence-electron chi connectivity index (χ0n) is 10.6. The molecule has 1 fully saturated rings. The van der Waals surface area contributed by atoms with E-state index in [1.807, 2.05) is 12.2 Å². The highest BCUT2D eigenvalue weighted by Gasteiger charge is 2.12. The van der Waals surface area contributed by atoms with E-state index in [2.05, 4.69) is 31.1 Å². The summed E-state index contributed by atoms with van der Waals surface area (Å²) in [6.45, 7) is 8.15. The van der Waals surface area contributed by atoms with Crippen LogP contribution in [0.2, 0.25) is 19.6 Å². The van der Waals surface area contributed by atoms with Crippen LogP contribution in [0.25, 0.3) is 0 Å². The van der Waals surface area contributed by atoms with Crippen LogP contribution in [-0.2, 0) is 9.47 Å². The zero-order valence-corrected chi connectivity index (χ0v) is 11.6. The van der Waals surface area contributed by atoms with Crippen LogP contribution in [0.15, 0.2) is 12.2 Å². The van der Waals surface area contributed by atoms with Crippen LogP contribution >= 0.6 is 0 Å². The van der Waals surface area contributed by atoms with Gasteiger partial charge in [-0.15, -0.1) is 5.54 Å². The molecular formula is C13H22O2Si. The summed E-state index contributed by atoms with van der Waals surface area (Å²) in [6, 6.07) is 0. The first-order valence-electron chi connectivity index (χ1n) is 5.99. The Hall–Kier alpha value is -0.563. The Balaban J connectivity index is 2.14. The standard InChI is InChI=1S/C13H22O2Si/c1-16(2,3)12-8-4-6-10-14-13-9-5-7-11-15-13/h4,6,13H,5,7,9-11H2,1-3H3/b6-4+. The summed E-state index contributed by atoms with van der Waals surface area (Å²) in [5, 5.41) is 0. The Morgan fingerprint density at radius 3 is 2.81 bits per heavy atom. The molecule has 0 spiro atoms. The molecule has 90 valence electrons. The zero-order chi connectivity index (χ0) is 11.9. The SMILES string of the molecule is C[Si](C)(C)C#C/C=C/COC1CCCCO1. The molecular weight excluding hydrogens is 216 g/mol. The van der Waals surface area contributed by atoms with Gasteiger partial charge in [-0.1, -0.05) is 31.6 Å². The van der Waals surface area contributed by atoms with Crippen LogP contribution < -0.4 is 0 Å². The molecule has 0 aromatic heterocycles. The van der Waals surface area contributed by atoms with Crippen LogP contribution in [0.4, 0.5) is 0 Å². The van der Waals surface area contributed by atoms with Crippen LogP contribution in [0.1, 0.15) is 19.3 Å². The molecule has 1 heterocycles. The molecule has 16 heavy (non-hydrogen) atoms. The summed E-state index contributed by atoms with van der Waals surface area (Å²) in [7, 11) is -1.23. The van der Waals surface area contributed by atoms with E-state index in [-0.39, 0.29) is 6.29 Å². The van der Waals surface area contributed by atoms with Crippen LogP contribution in [-0.4, -0.2) is 27.6 Å². The molecule has 0 aromatic carbocycles. The highest BCUT2D eigenvalue weighted by atomic mass is 28.3. The van der Waals surface area contributed by atoms with E-state index >= 15 is 0 Å². The maximum absolute atomic E-state index is 5.55. The molecule has 0 bridgehead atoms. The van der Waals surface area contributed by atoms with Crippen molar-refractivity contribution in [2.75, 3.05) is 13.2 Å². The van der Waals surface area contributed by atoms with E-state index in [9.17, 15) is 0 Å². The highest BCUT2D eigenvalue weighted by Crippen LogP contribution is 2.13. The quantitative estimate of drug-likeness (QED) is 0.556. The second-order valence-electron chi connectivity index (χ2n) is 5.05. The minimum Gasteiger partial charge on any atom is -0.353 e. The predicted molar refractivity (Wildman–Crippen MR) is 69.8 cm³/mol. The van der Waals surface area contributed by atoms with Crippen LogP contribution in [0.5, 0.6) is 0 Å². The maximum atomic E-state index is 5.55. The molecule has 1 aliphatic rings. The average Bonchev–Trinajstić information content (AvgIpc) is 2.23. The first-order valence-corrected chi connectivity index (χ1v) is 9.49. The molecule has 1 rings (SSSR count). The normalized spacial score (nSPS) is 21.8. The van der Waals surface area contributed by atoms with Gasteiger partial charge in [-0.05, 0) is 25.3 Å². The monoisotopic (exact) mass is 238 g/mol. The van der Waals surface area contributed by atoms with Crippen molar-refractivity contribution >= 4 is 8.07 Å². The second kappa shape index (κ2) is 6.90. The van der Waals surface area contributed by atoms with Crippen molar-refractivity contribution < 1.29 is 9.47 Å². The van der Waals surface area contributed by atoms with E-state index in [0.29, 0.717) is 6.61 Å². The molecule has 1 saturated heterocycles. The lowest BCUT2D eigenvalue weighted by Crippen LogP contribution is -2.22. The summed E-state index contributed by atoms with van der Waals surface area (Å²) in [5.41, 5.74) is 3.28. The molecule has 0 saturated carbocycles. The van der Waals surface area contributed by atoms with Gasteiger partial charge in [-0.2, -0.15) is 0 Å². The van der Waals surface area contributed by atoms with Gasteiger partial charge in [0.25, 0.3) is 0 Å². The minimum atomic E-state index is -1.23. The summed E-state index contributed by atoms with van der Waals surface area (Å²) in [6.07, 6.45) is 7.25. The van der Waals surface area contributed by atoms with E-state index in [1.54, 1.807) is 0 Å². The van der Waals surface area contributed by atoms with Gasteiger partial charge in [0, 0.05) is 6.61 Å². The molecule has 0 radical (unpaired) electrons. The lowest BCUT2D eigenvalue weighted by molar-refractivity contribution is -0.155. The third-order valence-corrected chi connectivity index (χ3v) is 3.06. The second-order valence-corrected chi connectivity index (χ2v) is 9.80. The van der Waals surface area contributed by atoms with Crippen molar-refractivity contribution in [1.29, 1.82) is 0 Å². The molecule has 0 aromatic rings. The molecule has 0 amide bonds. The highest BCUT2D eigenvalue weighted by molar-refractivity contribution is 6.83. The minimum absolute atomic E-state index is 0.00310. The molecule has 0 N–H and O–H groups in total. The van der Waals surface area contributed by atoms with Gasteiger partial charge in [-0.3, -0.25) is 0 Å². The van der Waals surface area contributed by atoms with Crippen molar-refractivity contribution in [1.82, 2.24) is 0 Å². The van der Waals surface area contributed by atoms with Crippen molar-refractivity contribution in [2.24, 2.45) is 0 Å². The number of allylic oxidation sites excluding steroid dienone is 1. The van der Waals surface area contributed by atoms with Gasteiger partial charge in [-0.25, -0.2) is 0 Å². The van der Waals surface area contributed by atoms with E-state index < -0.39 is 8.07 Å². The molecule has 1 unspecified atom stereocenters. The van der Waals surface area contributed by atoms with Gasteiger partial charge >= 0.3 is 0 Å². The molecule has 3 heteroatoms. The fourth-order valence-corrected chi connectivity index (χ4v) is 1.89.